The van der Waals surface area contributed by atoms with E-state index in [9.17, 15) is 9.90 Å². The number of aromatic nitrogens is 1. The number of carboxylic acids is 1. The van der Waals surface area contributed by atoms with Crippen LogP contribution in [0.5, 0.6) is 0 Å². The lowest BCUT2D eigenvalue weighted by molar-refractivity contribution is -0.141. The van der Waals surface area contributed by atoms with E-state index in [2.05, 4.69) is 4.98 Å². The van der Waals surface area contributed by atoms with Crippen LogP contribution in [0.15, 0.2) is 18.3 Å². The number of hydrogen-bond acceptors (Lipinski definition) is 2. The second-order valence-electron chi connectivity index (χ2n) is 4.61. The van der Waals surface area contributed by atoms with Crippen molar-refractivity contribution in [2.24, 2.45) is 5.41 Å². The van der Waals surface area contributed by atoms with Gasteiger partial charge in [0.2, 0.25) is 0 Å². The highest BCUT2D eigenvalue weighted by atomic mass is 35.5. The van der Waals surface area contributed by atoms with Crippen LogP contribution in [-0.4, -0.2) is 16.1 Å². The third-order valence-electron chi connectivity index (χ3n) is 3.32. The van der Waals surface area contributed by atoms with Crippen molar-refractivity contribution in [2.75, 3.05) is 0 Å². The van der Waals surface area contributed by atoms with Gasteiger partial charge in [-0.2, -0.15) is 0 Å². The molecule has 2 rings (SSSR count). The van der Waals surface area contributed by atoms with Crippen molar-refractivity contribution in [1.82, 2.24) is 4.98 Å². The number of pyridine rings is 1. The Bertz CT molecular complexity index is 430. The molecule has 15 heavy (non-hydrogen) atoms. The largest absolute Gasteiger partial charge is 0.481 e. The van der Waals surface area contributed by atoms with Crippen LogP contribution in [0.1, 0.15) is 25.8 Å². The molecular weight excluding hydrogens is 214 g/mol. The summed E-state index contributed by atoms with van der Waals surface area (Å²) in [5, 5.41) is 9.63. The quantitative estimate of drug-likeness (QED) is 0.787. The highest BCUT2D eigenvalue weighted by Crippen LogP contribution is 2.65. The third-order valence-corrected chi connectivity index (χ3v) is 3.62. The van der Waals surface area contributed by atoms with Crippen molar-refractivity contribution in [3.8, 4) is 0 Å². The topological polar surface area (TPSA) is 50.2 Å². The number of nitrogens with zero attached hydrogens (tertiary/aromatic N) is 1. The zero-order valence-electron chi connectivity index (χ0n) is 8.62. The predicted molar refractivity (Wildman–Crippen MR) is 57.0 cm³/mol. The SMILES string of the molecule is CC1(C)CC1(C(=O)O)c1cccnc1Cl. The van der Waals surface area contributed by atoms with E-state index in [-0.39, 0.29) is 5.41 Å². The Labute approximate surface area is 93.1 Å². The Kier molecular flexibility index (Phi) is 2.05. The van der Waals surface area contributed by atoms with E-state index in [0.29, 0.717) is 17.1 Å². The average molecular weight is 226 g/mol. The molecule has 80 valence electrons. The van der Waals surface area contributed by atoms with Gasteiger partial charge in [0.1, 0.15) is 10.6 Å². The van der Waals surface area contributed by atoms with E-state index in [4.69, 9.17) is 11.6 Å². The Balaban J connectivity index is 2.55. The van der Waals surface area contributed by atoms with Crippen LogP contribution in [0.4, 0.5) is 0 Å². The van der Waals surface area contributed by atoms with Gasteiger partial charge in [-0.25, -0.2) is 4.98 Å². The summed E-state index contributed by atoms with van der Waals surface area (Å²) < 4.78 is 0. The van der Waals surface area contributed by atoms with E-state index < -0.39 is 11.4 Å². The molecule has 1 aliphatic rings. The predicted octanol–water partition coefficient (Wildman–Crippen LogP) is 2.49. The molecule has 0 bridgehead atoms. The van der Waals surface area contributed by atoms with E-state index in [0.717, 1.165) is 0 Å². The first kappa shape index (κ1) is 10.4. The fourth-order valence-electron chi connectivity index (χ4n) is 2.26. The molecule has 1 heterocycles. The van der Waals surface area contributed by atoms with Gasteiger partial charge in [-0.05, 0) is 17.9 Å². The molecule has 0 radical (unpaired) electrons. The van der Waals surface area contributed by atoms with Crippen LogP contribution in [-0.2, 0) is 10.2 Å². The van der Waals surface area contributed by atoms with Crippen LogP contribution in [0.25, 0.3) is 0 Å². The number of carbonyl (C=O) groups is 1. The van der Waals surface area contributed by atoms with Crippen molar-refractivity contribution in [1.29, 1.82) is 0 Å². The highest BCUT2D eigenvalue weighted by Gasteiger charge is 2.68. The van der Waals surface area contributed by atoms with Crippen molar-refractivity contribution in [3.05, 3.63) is 29.0 Å². The summed E-state index contributed by atoms with van der Waals surface area (Å²) >= 11 is 5.95. The van der Waals surface area contributed by atoms with Gasteiger partial charge in [0, 0.05) is 11.8 Å². The number of carboxylic acid groups (broad SMARTS) is 1. The lowest BCUT2D eigenvalue weighted by Crippen LogP contribution is -2.26. The van der Waals surface area contributed by atoms with Gasteiger partial charge in [0.15, 0.2) is 0 Å². The Hall–Kier alpha value is -1.09. The first-order chi connectivity index (χ1) is 6.92. The standard InChI is InChI=1S/C11H12ClNO2/c1-10(2)6-11(10,9(14)15)7-4-3-5-13-8(7)12/h3-5H,6H2,1-2H3,(H,14,15). The smallest absolute Gasteiger partial charge is 0.314 e. The summed E-state index contributed by atoms with van der Waals surface area (Å²) in [7, 11) is 0. The molecule has 1 N–H and O–H groups in total. The maximum absolute atomic E-state index is 11.4. The minimum atomic E-state index is -0.849. The van der Waals surface area contributed by atoms with E-state index in [1.165, 1.54) is 0 Å². The van der Waals surface area contributed by atoms with Crippen LogP contribution in [0.3, 0.4) is 0 Å². The summed E-state index contributed by atoms with van der Waals surface area (Å²) in [5.41, 5.74) is -0.465. The molecule has 1 fully saturated rings. The van der Waals surface area contributed by atoms with Gasteiger partial charge in [0.05, 0.1) is 0 Å². The summed E-state index contributed by atoms with van der Waals surface area (Å²) in [6.07, 6.45) is 2.18. The van der Waals surface area contributed by atoms with Crippen molar-refractivity contribution < 1.29 is 9.90 Å². The normalized spacial score (nSPS) is 27.4. The monoisotopic (exact) mass is 225 g/mol. The van der Waals surface area contributed by atoms with E-state index in [1.807, 2.05) is 13.8 Å². The Morgan fingerprint density at radius 2 is 2.20 bits per heavy atom. The van der Waals surface area contributed by atoms with Crippen LogP contribution < -0.4 is 0 Å². The summed E-state index contributed by atoms with van der Waals surface area (Å²) in [6, 6.07) is 3.47. The maximum atomic E-state index is 11.4. The fraction of sp³-hybridized carbons (Fsp3) is 0.455. The molecule has 1 atom stereocenters. The number of aliphatic carboxylic acids is 1. The zero-order chi connectivity index (χ0) is 11.3. The lowest BCUT2D eigenvalue weighted by atomic mass is 9.89. The summed E-state index contributed by atoms with van der Waals surface area (Å²) in [4.78, 5) is 15.3. The van der Waals surface area contributed by atoms with Gasteiger partial charge < -0.3 is 5.11 Å². The molecule has 3 nitrogen and oxygen atoms in total. The summed E-state index contributed by atoms with van der Waals surface area (Å²) in [5.74, 6) is -0.817. The Morgan fingerprint density at radius 1 is 1.60 bits per heavy atom. The van der Waals surface area contributed by atoms with E-state index in [1.54, 1.807) is 18.3 Å². The average Bonchev–Trinajstić information content (AvgIpc) is 2.71. The van der Waals surface area contributed by atoms with E-state index >= 15 is 0 Å². The van der Waals surface area contributed by atoms with Gasteiger partial charge in [-0.1, -0.05) is 31.5 Å². The molecule has 1 unspecified atom stereocenters. The second-order valence-corrected chi connectivity index (χ2v) is 4.97. The highest BCUT2D eigenvalue weighted by molar-refractivity contribution is 6.30. The van der Waals surface area contributed by atoms with Crippen LogP contribution in [0.2, 0.25) is 5.15 Å². The molecule has 0 saturated heterocycles. The number of rotatable bonds is 2. The minimum Gasteiger partial charge on any atom is -0.481 e. The second kappa shape index (κ2) is 2.95. The van der Waals surface area contributed by atoms with Gasteiger partial charge in [0.25, 0.3) is 0 Å². The van der Waals surface area contributed by atoms with Gasteiger partial charge in [-0.3, -0.25) is 4.79 Å². The van der Waals surface area contributed by atoms with Crippen molar-refractivity contribution >= 4 is 17.6 Å². The van der Waals surface area contributed by atoms with Crippen molar-refractivity contribution in [2.45, 2.75) is 25.7 Å². The molecule has 1 aromatic rings. The minimum absolute atomic E-state index is 0.245. The molecule has 1 aromatic heterocycles. The Morgan fingerprint density at radius 3 is 2.60 bits per heavy atom. The molecule has 0 amide bonds. The molecule has 0 aromatic carbocycles. The van der Waals surface area contributed by atoms with Crippen molar-refractivity contribution in [3.63, 3.8) is 0 Å². The van der Waals surface area contributed by atoms with Crippen LogP contribution in [0, 0.1) is 5.41 Å². The molecular formula is C11H12ClNO2. The maximum Gasteiger partial charge on any atom is 0.314 e. The first-order valence-electron chi connectivity index (χ1n) is 4.76. The molecule has 1 saturated carbocycles. The molecule has 0 aliphatic heterocycles. The fourth-order valence-corrected chi connectivity index (χ4v) is 2.54. The zero-order valence-corrected chi connectivity index (χ0v) is 9.38. The van der Waals surface area contributed by atoms with Crippen LogP contribution >= 0.6 is 11.6 Å². The number of hydrogen-bond donors (Lipinski definition) is 1. The summed E-state index contributed by atoms with van der Waals surface area (Å²) in [6.45, 7) is 3.87. The third kappa shape index (κ3) is 1.26. The molecule has 4 heteroatoms. The number of halogens is 1. The molecule has 0 spiro atoms. The molecule has 1 aliphatic carbocycles. The first-order valence-corrected chi connectivity index (χ1v) is 5.14. The van der Waals surface area contributed by atoms with Gasteiger partial charge in [-0.15, -0.1) is 0 Å². The van der Waals surface area contributed by atoms with Gasteiger partial charge >= 0.3 is 5.97 Å². The lowest BCUT2D eigenvalue weighted by Gasteiger charge is -2.16.